The van der Waals surface area contributed by atoms with E-state index in [2.05, 4.69) is 26.2 Å². The van der Waals surface area contributed by atoms with E-state index in [0.29, 0.717) is 5.82 Å². The fourth-order valence-electron chi connectivity index (χ4n) is 2.41. The van der Waals surface area contributed by atoms with E-state index in [1.807, 2.05) is 6.92 Å². The SMILES string of the molecule is Cc1nc(NC(=O)C2C(C(=O)O)C2(C)C)ccc1Br. The monoisotopic (exact) mass is 326 g/mol. The highest BCUT2D eigenvalue weighted by atomic mass is 79.9. The minimum atomic E-state index is -0.926. The molecular formula is C13H15BrN2O3. The molecule has 1 amide bonds. The van der Waals surface area contributed by atoms with E-state index in [1.165, 1.54) is 0 Å². The number of hydrogen-bond donors (Lipinski definition) is 2. The first-order valence-electron chi connectivity index (χ1n) is 5.92. The Hall–Kier alpha value is -1.43. The Morgan fingerprint density at radius 1 is 1.37 bits per heavy atom. The Morgan fingerprint density at radius 3 is 2.47 bits per heavy atom. The molecule has 1 aromatic heterocycles. The Morgan fingerprint density at radius 2 is 2.00 bits per heavy atom. The van der Waals surface area contributed by atoms with Gasteiger partial charge in [-0.3, -0.25) is 9.59 Å². The van der Waals surface area contributed by atoms with E-state index in [-0.39, 0.29) is 5.91 Å². The molecule has 2 atom stereocenters. The van der Waals surface area contributed by atoms with Crippen LogP contribution in [0.25, 0.3) is 0 Å². The molecule has 1 fully saturated rings. The van der Waals surface area contributed by atoms with Gasteiger partial charge in [0.15, 0.2) is 0 Å². The molecule has 0 bridgehead atoms. The lowest BCUT2D eigenvalue weighted by atomic mass is 10.1. The molecule has 5 nitrogen and oxygen atoms in total. The number of rotatable bonds is 3. The minimum absolute atomic E-state index is 0.286. The summed E-state index contributed by atoms with van der Waals surface area (Å²) in [6.07, 6.45) is 0. The smallest absolute Gasteiger partial charge is 0.307 e. The fraction of sp³-hybridized carbons (Fsp3) is 0.462. The topological polar surface area (TPSA) is 79.3 Å². The number of nitrogens with zero attached hydrogens (tertiary/aromatic N) is 1. The molecule has 1 aliphatic carbocycles. The lowest BCUT2D eigenvalue weighted by Crippen LogP contribution is -2.18. The Bertz CT molecular complexity index is 557. The average Bonchev–Trinajstić information content (AvgIpc) is 2.87. The summed E-state index contributed by atoms with van der Waals surface area (Å²) in [5.74, 6) is -1.89. The maximum atomic E-state index is 12.1. The van der Waals surface area contributed by atoms with Crippen molar-refractivity contribution in [3.63, 3.8) is 0 Å². The molecule has 0 aromatic carbocycles. The molecule has 2 unspecified atom stereocenters. The van der Waals surface area contributed by atoms with Gasteiger partial charge in [-0.25, -0.2) is 4.98 Å². The molecule has 19 heavy (non-hydrogen) atoms. The van der Waals surface area contributed by atoms with Crippen molar-refractivity contribution in [2.45, 2.75) is 20.8 Å². The average molecular weight is 327 g/mol. The molecular weight excluding hydrogens is 312 g/mol. The summed E-state index contributed by atoms with van der Waals surface area (Å²) in [6, 6.07) is 3.48. The molecule has 0 aliphatic heterocycles. The van der Waals surface area contributed by atoms with E-state index in [0.717, 1.165) is 10.2 Å². The van der Waals surface area contributed by atoms with Gasteiger partial charge in [-0.05, 0) is 40.4 Å². The summed E-state index contributed by atoms with van der Waals surface area (Å²) in [5, 5.41) is 11.7. The van der Waals surface area contributed by atoms with Crippen LogP contribution in [0, 0.1) is 24.2 Å². The first-order chi connectivity index (χ1) is 8.75. The molecule has 1 saturated carbocycles. The summed E-state index contributed by atoms with van der Waals surface area (Å²) >= 11 is 3.33. The standard InChI is InChI=1S/C13H15BrN2O3/c1-6-7(14)4-5-8(15-6)16-11(17)9-10(12(18)19)13(9,2)3/h4-5,9-10H,1-3H3,(H,18,19)(H,15,16,17). The van der Waals surface area contributed by atoms with Crippen molar-refractivity contribution in [2.75, 3.05) is 5.32 Å². The van der Waals surface area contributed by atoms with Crippen LogP contribution in [-0.4, -0.2) is 22.0 Å². The number of halogens is 1. The highest BCUT2D eigenvalue weighted by molar-refractivity contribution is 9.10. The van der Waals surface area contributed by atoms with Crippen molar-refractivity contribution < 1.29 is 14.7 Å². The number of nitrogens with one attached hydrogen (secondary N) is 1. The van der Waals surface area contributed by atoms with Crippen LogP contribution >= 0.6 is 15.9 Å². The largest absolute Gasteiger partial charge is 0.481 e. The van der Waals surface area contributed by atoms with Crippen LogP contribution in [0.1, 0.15) is 19.5 Å². The number of pyridine rings is 1. The third-order valence-electron chi connectivity index (χ3n) is 3.65. The Labute approximate surface area is 119 Å². The van der Waals surface area contributed by atoms with Gasteiger partial charge in [0, 0.05) is 4.47 Å². The van der Waals surface area contributed by atoms with Crippen molar-refractivity contribution in [3.8, 4) is 0 Å². The van der Waals surface area contributed by atoms with Crippen LogP contribution in [0.3, 0.4) is 0 Å². The second-order valence-electron chi connectivity index (χ2n) is 5.37. The van der Waals surface area contributed by atoms with E-state index < -0.39 is 23.2 Å². The number of carbonyl (C=O) groups excluding carboxylic acids is 1. The number of carbonyl (C=O) groups is 2. The lowest BCUT2D eigenvalue weighted by Gasteiger charge is -2.06. The fourth-order valence-corrected chi connectivity index (χ4v) is 2.63. The number of carboxylic acids is 1. The van der Waals surface area contributed by atoms with Crippen molar-refractivity contribution in [2.24, 2.45) is 17.3 Å². The normalized spacial score (nSPS) is 23.8. The van der Waals surface area contributed by atoms with Crippen molar-refractivity contribution in [1.29, 1.82) is 0 Å². The molecule has 0 spiro atoms. The van der Waals surface area contributed by atoms with Gasteiger partial charge in [0.1, 0.15) is 5.82 Å². The van der Waals surface area contributed by atoms with Gasteiger partial charge >= 0.3 is 5.97 Å². The van der Waals surface area contributed by atoms with E-state index in [4.69, 9.17) is 5.11 Å². The van der Waals surface area contributed by atoms with E-state index >= 15 is 0 Å². The maximum Gasteiger partial charge on any atom is 0.307 e. The first kappa shape index (κ1) is 14.0. The second-order valence-corrected chi connectivity index (χ2v) is 6.22. The summed E-state index contributed by atoms with van der Waals surface area (Å²) < 4.78 is 0.862. The summed E-state index contributed by atoms with van der Waals surface area (Å²) in [6.45, 7) is 5.40. The van der Waals surface area contributed by atoms with Crippen LogP contribution in [0.2, 0.25) is 0 Å². The van der Waals surface area contributed by atoms with Gasteiger partial charge in [0.05, 0.1) is 17.5 Å². The number of amides is 1. The van der Waals surface area contributed by atoms with Crippen LogP contribution in [0.15, 0.2) is 16.6 Å². The molecule has 0 saturated heterocycles. The third-order valence-corrected chi connectivity index (χ3v) is 4.49. The zero-order valence-corrected chi connectivity index (χ0v) is 12.5. The Kier molecular flexibility index (Phi) is 3.38. The lowest BCUT2D eigenvalue weighted by molar-refractivity contribution is -0.140. The van der Waals surface area contributed by atoms with Crippen LogP contribution in [0.4, 0.5) is 5.82 Å². The molecule has 1 heterocycles. The number of carboxylic acid groups (broad SMARTS) is 1. The molecule has 2 rings (SSSR count). The molecule has 1 aromatic rings. The maximum absolute atomic E-state index is 12.1. The summed E-state index contributed by atoms with van der Waals surface area (Å²) in [4.78, 5) is 27.3. The van der Waals surface area contributed by atoms with Crippen molar-refractivity contribution in [3.05, 3.63) is 22.3 Å². The zero-order valence-electron chi connectivity index (χ0n) is 10.9. The van der Waals surface area contributed by atoms with Crippen LogP contribution in [0.5, 0.6) is 0 Å². The van der Waals surface area contributed by atoms with Crippen molar-refractivity contribution in [1.82, 2.24) is 4.98 Å². The van der Waals surface area contributed by atoms with Crippen LogP contribution < -0.4 is 5.32 Å². The van der Waals surface area contributed by atoms with Crippen molar-refractivity contribution >= 4 is 33.6 Å². The van der Waals surface area contributed by atoms with Gasteiger partial charge in [-0.15, -0.1) is 0 Å². The molecule has 0 radical (unpaired) electrons. The molecule has 6 heteroatoms. The van der Waals surface area contributed by atoms with E-state index in [1.54, 1.807) is 26.0 Å². The number of aryl methyl sites for hydroxylation is 1. The van der Waals surface area contributed by atoms with Crippen LogP contribution in [-0.2, 0) is 9.59 Å². The van der Waals surface area contributed by atoms with Gasteiger partial charge in [0.2, 0.25) is 5.91 Å². The number of anilines is 1. The Balaban J connectivity index is 2.10. The van der Waals surface area contributed by atoms with E-state index in [9.17, 15) is 9.59 Å². The quantitative estimate of drug-likeness (QED) is 0.894. The van der Waals surface area contributed by atoms with Gasteiger partial charge in [-0.2, -0.15) is 0 Å². The predicted octanol–water partition coefficient (Wildman–Crippen LogP) is 2.45. The first-order valence-corrected chi connectivity index (χ1v) is 6.71. The predicted molar refractivity (Wildman–Crippen MR) is 73.7 cm³/mol. The minimum Gasteiger partial charge on any atom is -0.481 e. The highest BCUT2D eigenvalue weighted by Gasteiger charge is 2.65. The van der Waals surface area contributed by atoms with Gasteiger partial charge in [-0.1, -0.05) is 13.8 Å². The summed E-state index contributed by atoms with van der Waals surface area (Å²) in [7, 11) is 0. The second kappa shape index (κ2) is 4.59. The zero-order chi connectivity index (χ0) is 14.4. The number of hydrogen-bond acceptors (Lipinski definition) is 3. The number of aliphatic carboxylic acids is 1. The third kappa shape index (κ3) is 2.49. The van der Waals surface area contributed by atoms with Gasteiger partial charge in [0.25, 0.3) is 0 Å². The van der Waals surface area contributed by atoms with Gasteiger partial charge < -0.3 is 10.4 Å². The molecule has 2 N–H and O–H groups in total. The highest BCUT2D eigenvalue weighted by Crippen LogP contribution is 2.58. The summed E-state index contributed by atoms with van der Waals surface area (Å²) in [5.41, 5.74) is 0.267. The molecule has 1 aliphatic rings. The molecule has 102 valence electrons. The number of aromatic nitrogens is 1.